The molecule has 2 aliphatic rings. The van der Waals surface area contributed by atoms with Gasteiger partial charge in [0, 0.05) is 27.2 Å². The van der Waals surface area contributed by atoms with E-state index in [2.05, 4.69) is 30.5 Å². The summed E-state index contributed by atoms with van der Waals surface area (Å²) in [4.78, 5) is 21.2. The predicted octanol–water partition coefficient (Wildman–Crippen LogP) is -0.181. The molecule has 1 saturated heterocycles. The van der Waals surface area contributed by atoms with Crippen LogP contribution in [0.15, 0.2) is 17.4 Å². The van der Waals surface area contributed by atoms with Crippen LogP contribution in [0.5, 0.6) is 0 Å². The number of aromatic nitrogens is 4. The quantitative estimate of drug-likeness (QED) is 0.781. The Morgan fingerprint density at radius 2 is 2.04 bits per heavy atom. The molecule has 9 heteroatoms. The number of nitrogens with zero attached hydrogens (tertiary/aromatic N) is 7. The van der Waals surface area contributed by atoms with E-state index < -0.39 is 5.54 Å². The van der Waals surface area contributed by atoms with Crippen LogP contribution in [0.1, 0.15) is 18.5 Å². The van der Waals surface area contributed by atoms with Crippen molar-refractivity contribution >= 4 is 23.2 Å². The van der Waals surface area contributed by atoms with Crippen LogP contribution < -0.4 is 10.2 Å². The molecule has 0 aromatic carbocycles. The second-order valence-corrected chi connectivity index (χ2v) is 6.57. The minimum absolute atomic E-state index is 0.00406. The fourth-order valence-corrected chi connectivity index (χ4v) is 3.33. The maximum Gasteiger partial charge on any atom is 0.254 e. The summed E-state index contributed by atoms with van der Waals surface area (Å²) in [6.45, 7) is 3.43. The molecule has 1 amide bonds. The number of nitrogens with one attached hydrogen (secondary N) is 1. The topological polar surface area (TPSA) is 91.0 Å². The monoisotopic (exact) mass is 328 g/mol. The van der Waals surface area contributed by atoms with Crippen molar-refractivity contribution in [1.82, 2.24) is 30.0 Å². The van der Waals surface area contributed by atoms with Gasteiger partial charge < -0.3 is 9.80 Å². The molecule has 1 spiro atoms. The van der Waals surface area contributed by atoms with Gasteiger partial charge in [0.2, 0.25) is 11.6 Å². The lowest BCUT2D eigenvalue weighted by Crippen LogP contribution is -2.49. The van der Waals surface area contributed by atoms with Crippen LogP contribution in [0.2, 0.25) is 0 Å². The summed E-state index contributed by atoms with van der Waals surface area (Å²) in [7, 11) is 3.77. The van der Waals surface area contributed by atoms with E-state index in [4.69, 9.17) is 0 Å². The molecule has 0 atom stereocenters. The molecule has 1 fully saturated rings. The number of anilines is 1. The average Bonchev–Trinajstić information content (AvgIpc) is 3.13. The molecular formula is C15H20N8O. The van der Waals surface area contributed by atoms with E-state index in [1.54, 1.807) is 10.8 Å². The van der Waals surface area contributed by atoms with Crippen LogP contribution in [0.4, 0.5) is 5.69 Å². The Morgan fingerprint density at radius 1 is 1.29 bits per heavy atom. The van der Waals surface area contributed by atoms with Crippen molar-refractivity contribution in [2.45, 2.75) is 25.3 Å². The van der Waals surface area contributed by atoms with Crippen molar-refractivity contribution in [2.24, 2.45) is 4.99 Å². The highest BCUT2D eigenvalue weighted by Gasteiger charge is 2.46. The normalized spacial score (nSPS) is 19.7. The van der Waals surface area contributed by atoms with Gasteiger partial charge in [-0.15, -0.1) is 10.2 Å². The van der Waals surface area contributed by atoms with Gasteiger partial charge in [-0.1, -0.05) is 0 Å². The Kier molecular flexibility index (Phi) is 3.19. The second-order valence-electron chi connectivity index (χ2n) is 6.57. The van der Waals surface area contributed by atoms with Crippen molar-refractivity contribution in [3.05, 3.63) is 18.1 Å². The first-order valence-corrected chi connectivity index (χ1v) is 8.00. The summed E-state index contributed by atoms with van der Waals surface area (Å²) in [6.07, 6.45) is 2.96. The molecule has 2 aromatic rings. The van der Waals surface area contributed by atoms with Gasteiger partial charge in [0.05, 0.1) is 11.4 Å². The maximum atomic E-state index is 12.4. The molecule has 2 aromatic heterocycles. The third-order valence-corrected chi connectivity index (χ3v) is 4.69. The molecular weight excluding hydrogens is 308 g/mol. The van der Waals surface area contributed by atoms with Crippen molar-refractivity contribution in [2.75, 3.05) is 32.1 Å². The smallest absolute Gasteiger partial charge is 0.254 e. The molecule has 4 heterocycles. The van der Waals surface area contributed by atoms with Gasteiger partial charge in [-0.05, 0) is 25.8 Å². The molecule has 24 heavy (non-hydrogen) atoms. The van der Waals surface area contributed by atoms with Gasteiger partial charge in [0.25, 0.3) is 5.91 Å². The number of aryl methyl sites for hydroxylation is 1. The Morgan fingerprint density at radius 3 is 2.71 bits per heavy atom. The number of guanidine groups is 1. The Labute approximate surface area is 139 Å². The van der Waals surface area contributed by atoms with Gasteiger partial charge in [-0.25, -0.2) is 4.99 Å². The Hall–Kier alpha value is -2.71. The van der Waals surface area contributed by atoms with Crippen LogP contribution in [0, 0.1) is 6.92 Å². The lowest BCUT2D eigenvalue weighted by molar-refractivity contribution is -0.124. The molecule has 0 aliphatic carbocycles. The lowest BCUT2D eigenvalue weighted by Gasteiger charge is -2.36. The SMILES string of the molecule is Cc1cc(N2CCC3(CC2)N=C(N(C)C)NC3=O)c2nncn2n1. The zero-order valence-corrected chi connectivity index (χ0v) is 14.0. The van der Waals surface area contributed by atoms with Gasteiger partial charge in [0.15, 0.2) is 0 Å². The van der Waals surface area contributed by atoms with Gasteiger partial charge >= 0.3 is 0 Å². The Balaban J connectivity index is 1.60. The first kappa shape index (κ1) is 14.9. The standard InChI is InChI=1S/C15H20N8O/c1-10-8-11(12-19-16-9-23(12)20-10)22-6-4-15(5-7-22)13(24)17-14(18-15)21(2)3/h8-9H,4-7H2,1-3H3,(H,17,18,24). The van der Waals surface area contributed by atoms with Crippen LogP contribution in [0.3, 0.4) is 0 Å². The van der Waals surface area contributed by atoms with Crippen LogP contribution in [-0.2, 0) is 4.79 Å². The average molecular weight is 328 g/mol. The summed E-state index contributed by atoms with van der Waals surface area (Å²) in [5, 5.41) is 15.4. The number of amides is 1. The Bertz CT molecular complexity index is 831. The zero-order valence-electron chi connectivity index (χ0n) is 14.0. The largest absolute Gasteiger partial charge is 0.368 e. The fraction of sp³-hybridized carbons (Fsp3) is 0.533. The number of carbonyl (C=O) groups is 1. The molecule has 1 N–H and O–H groups in total. The highest BCUT2D eigenvalue weighted by Crippen LogP contribution is 2.33. The molecule has 2 aliphatic heterocycles. The highest BCUT2D eigenvalue weighted by atomic mass is 16.2. The van der Waals surface area contributed by atoms with E-state index in [0.717, 1.165) is 30.1 Å². The summed E-state index contributed by atoms with van der Waals surface area (Å²) < 4.78 is 1.69. The molecule has 4 rings (SSSR count). The lowest BCUT2D eigenvalue weighted by atomic mass is 9.88. The minimum Gasteiger partial charge on any atom is -0.368 e. The number of hydrogen-bond donors (Lipinski definition) is 1. The third kappa shape index (κ3) is 2.19. The van der Waals surface area contributed by atoms with Crippen LogP contribution in [-0.4, -0.2) is 69.3 Å². The molecule has 126 valence electrons. The molecule has 0 saturated carbocycles. The summed E-state index contributed by atoms with van der Waals surface area (Å²) >= 11 is 0. The number of hydrogen-bond acceptors (Lipinski definition) is 7. The van der Waals surface area contributed by atoms with Gasteiger partial charge in [-0.3, -0.25) is 10.1 Å². The minimum atomic E-state index is -0.637. The number of fused-ring (bicyclic) bond motifs is 1. The third-order valence-electron chi connectivity index (χ3n) is 4.69. The molecule has 0 bridgehead atoms. The van der Waals surface area contributed by atoms with Crippen LogP contribution >= 0.6 is 0 Å². The van der Waals surface area contributed by atoms with Crippen molar-refractivity contribution in [3.63, 3.8) is 0 Å². The summed E-state index contributed by atoms with van der Waals surface area (Å²) in [6, 6.07) is 2.02. The number of piperidine rings is 1. The van der Waals surface area contributed by atoms with E-state index in [1.165, 1.54) is 0 Å². The second kappa shape index (κ2) is 5.15. The molecule has 0 radical (unpaired) electrons. The molecule has 0 unspecified atom stereocenters. The van der Waals surface area contributed by atoms with Gasteiger partial charge in [0.1, 0.15) is 11.9 Å². The van der Waals surface area contributed by atoms with E-state index in [-0.39, 0.29) is 5.91 Å². The van der Waals surface area contributed by atoms with Crippen molar-refractivity contribution in [1.29, 1.82) is 0 Å². The summed E-state index contributed by atoms with van der Waals surface area (Å²) in [5.41, 5.74) is 2.02. The first-order chi connectivity index (χ1) is 11.5. The number of carbonyl (C=O) groups excluding carboxylic acids is 1. The van der Waals surface area contributed by atoms with Crippen molar-refractivity contribution in [3.8, 4) is 0 Å². The van der Waals surface area contributed by atoms with E-state index in [0.29, 0.717) is 18.8 Å². The zero-order chi connectivity index (χ0) is 16.9. The fourth-order valence-electron chi connectivity index (χ4n) is 3.33. The summed E-state index contributed by atoms with van der Waals surface area (Å²) in [5.74, 6) is 0.650. The predicted molar refractivity (Wildman–Crippen MR) is 89.0 cm³/mol. The van der Waals surface area contributed by atoms with Gasteiger partial charge in [-0.2, -0.15) is 9.61 Å². The highest BCUT2D eigenvalue weighted by molar-refractivity contribution is 6.07. The van der Waals surface area contributed by atoms with E-state index in [1.807, 2.05) is 32.0 Å². The molecule has 9 nitrogen and oxygen atoms in total. The maximum absolute atomic E-state index is 12.4. The van der Waals surface area contributed by atoms with Crippen molar-refractivity contribution < 1.29 is 4.79 Å². The number of aliphatic imine (C=N–C) groups is 1. The van der Waals surface area contributed by atoms with Crippen LogP contribution in [0.25, 0.3) is 5.65 Å². The first-order valence-electron chi connectivity index (χ1n) is 8.00. The number of rotatable bonds is 1. The van der Waals surface area contributed by atoms with E-state index >= 15 is 0 Å². The van der Waals surface area contributed by atoms with E-state index in [9.17, 15) is 4.79 Å².